The Morgan fingerprint density at radius 3 is 0.941 bits per heavy atom. The molecule has 0 aliphatic carbocycles. The zero-order chi connectivity index (χ0) is 35.8. The lowest BCUT2D eigenvalue weighted by molar-refractivity contribution is -0.0428. The minimum atomic E-state index is -3.67. The Balaban J connectivity index is 0.000000156. The Bertz CT molecular complexity index is 1500. The maximum absolute atomic E-state index is 9.19. The number of rotatable bonds is 8. The predicted molar refractivity (Wildman–Crippen MR) is 204 cm³/mol. The molecule has 4 aliphatic heterocycles. The van der Waals surface area contributed by atoms with Gasteiger partial charge in [0.1, 0.15) is 12.2 Å². The summed E-state index contributed by atoms with van der Waals surface area (Å²) in [6, 6.07) is 45.4. The number of hydrogen-bond acceptors (Lipinski definition) is 6. The third kappa shape index (κ3) is 10.4. The molecule has 4 heterocycles. The van der Waals surface area contributed by atoms with Gasteiger partial charge in [0, 0.05) is 24.2 Å². The molecular formula is C43H54N2O5S. The average Bonchev–Trinajstić information content (AvgIpc) is 3.45. The third-order valence-corrected chi connectivity index (χ3v) is 11.2. The summed E-state index contributed by atoms with van der Waals surface area (Å²) >= 11 is 0. The lowest BCUT2D eigenvalue weighted by atomic mass is 9.97. The second kappa shape index (κ2) is 17.4. The molecule has 4 bridgehead atoms. The molecular weight excluding hydrogens is 657 g/mol. The minimum Gasteiger partial charge on any atom is -0.365 e. The van der Waals surface area contributed by atoms with E-state index in [4.69, 9.17) is 14.0 Å². The van der Waals surface area contributed by atoms with Crippen LogP contribution in [-0.4, -0.2) is 79.5 Å². The van der Waals surface area contributed by atoms with Crippen molar-refractivity contribution in [2.75, 3.05) is 20.4 Å². The maximum atomic E-state index is 9.19. The normalized spacial score (nSPS) is 25.9. The number of benzene rings is 4. The first-order valence-corrected chi connectivity index (χ1v) is 20.3. The molecule has 6 atom stereocenters. The van der Waals surface area contributed by atoms with Crippen molar-refractivity contribution in [1.82, 2.24) is 9.80 Å². The zero-order valence-electron chi connectivity index (χ0n) is 30.2. The van der Waals surface area contributed by atoms with Crippen molar-refractivity contribution >= 4 is 10.1 Å². The SMILES string of the molecule is CN1[C@@H]2CC[C@H]1C[C@@H](OC(c1ccccc1)c1ccccc1)C2.CN1[C@@H]2CC[C@H]1C[C@@H](OC(c1ccccc1)c1ccccc1)C2.CS(=O)(=O)O. The fraction of sp³-hybridized carbons (Fsp3) is 0.442. The van der Waals surface area contributed by atoms with Crippen molar-refractivity contribution in [3.05, 3.63) is 144 Å². The van der Waals surface area contributed by atoms with Gasteiger partial charge in [-0.1, -0.05) is 121 Å². The van der Waals surface area contributed by atoms with E-state index >= 15 is 0 Å². The Morgan fingerprint density at radius 1 is 0.510 bits per heavy atom. The summed E-state index contributed by atoms with van der Waals surface area (Å²) in [6.45, 7) is 0. The molecule has 0 aromatic heterocycles. The highest BCUT2D eigenvalue weighted by atomic mass is 32.2. The first-order chi connectivity index (χ1) is 24.6. The van der Waals surface area contributed by atoms with Gasteiger partial charge in [0.2, 0.25) is 0 Å². The van der Waals surface area contributed by atoms with Crippen molar-refractivity contribution < 1.29 is 22.4 Å². The summed E-state index contributed by atoms with van der Waals surface area (Å²) < 4.78 is 39.2. The highest BCUT2D eigenvalue weighted by molar-refractivity contribution is 7.85. The lowest BCUT2D eigenvalue weighted by Crippen LogP contribution is -2.43. The van der Waals surface area contributed by atoms with E-state index in [1.807, 2.05) is 0 Å². The van der Waals surface area contributed by atoms with Crippen LogP contribution in [0, 0.1) is 0 Å². The Morgan fingerprint density at radius 2 is 0.725 bits per heavy atom. The molecule has 1 N–H and O–H groups in total. The molecule has 0 amide bonds. The van der Waals surface area contributed by atoms with Crippen LogP contribution in [0.15, 0.2) is 121 Å². The Hall–Kier alpha value is -3.37. The van der Waals surface area contributed by atoms with Gasteiger partial charge in [0.05, 0.1) is 18.5 Å². The molecule has 0 radical (unpaired) electrons. The average molecular weight is 711 g/mol. The molecule has 4 aliphatic rings. The smallest absolute Gasteiger partial charge is 0.261 e. The number of fused-ring (bicyclic) bond motifs is 4. The van der Waals surface area contributed by atoms with E-state index in [0.29, 0.717) is 42.6 Å². The van der Waals surface area contributed by atoms with Gasteiger partial charge in [-0.05, 0) is 87.7 Å². The molecule has 0 saturated carbocycles. The molecule has 0 unspecified atom stereocenters. The minimum absolute atomic E-state index is 0.0465. The van der Waals surface area contributed by atoms with Crippen LogP contribution in [0.1, 0.15) is 85.8 Å². The van der Waals surface area contributed by atoms with E-state index in [1.54, 1.807) is 0 Å². The van der Waals surface area contributed by atoms with Crippen molar-refractivity contribution in [2.45, 2.75) is 99.9 Å². The zero-order valence-corrected chi connectivity index (χ0v) is 31.0. The standard InChI is InChI=1S/2C21H25NO.CH4O3S/c2*1-22-18-12-13-19(22)15-20(14-18)23-21(16-8-4-2-5-9-16)17-10-6-3-7-11-17;1-5(2,3)4/h2*2-11,18-21H,12-15H2,1H3;1H3,(H,2,3,4)/t2*18-,19+,20+;. The lowest BCUT2D eigenvalue weighted by Gasteiger charge is -2.38. The van der Waals surface area contributed by atoms with E-state index < -0.39 is 10.1 Å². The summed E-state index contributed by atoms with van der Waals surface area (Å²) in [5, 5.41) is 0. The molecule has 0 spiro atoms. The van der Waals surface area contributed by atoms with Gasteiger partial charge in [-0.3, -0.25) is 4.55 Å². The van der Waals surface area contributed by atoms with Crippen LogP contribution in [0.5, 0.6) is 0 Å². The summed E-state index contributed by atoms with van der Waals surface area (Å²) in [4.78, 5) is 5.14. The number of ether oxygens (including phenoxy) is 2. The van der Waals surface area contributed by atoms with E-state index in [0.717, 1.165) is 0 Å². The van der Waals surface area contributed by atoms with Crippen molar-refractivity contribution in [3.8, 4) is 0 Å². The maximum Gasteiger partial charge on any atom is 0.261 e. The van der Waals surface area contributed by atoms with Crippen LogP contribution in [0.3, 0.4) is 0 Å². The van der Waals surface area contributed by atoms with Crippen LogP contribution in [-0.2, 0) is 19.6 Å². The van der Waals surface area contributed by atoms with Crippen molar-refractivity contribution in [2.24, 2.45) is 0 Å². The molecule has 4 aromatic carbocycles. The second-order valence-corrected chi connectivity index (χ2v) is 16.2. The summed E-state index contributed by atoms with van der Waals surface area (Å²) in [6.07, 6.45) is 11.6. The first kappa shape index (κ1) is 37.4. The highest BCUT2D eigenvalue weighted by Gasteiger charge is 2.41. The number of piperidine rings is 2. The van der Waals surface area contributed by atoms with Gasteiger partial charge < -0.3 is 19.3 Å². The van der Waals surface area contributed by atoms with Crippen molar-refractivity contribution in [3.63, 3.8) is 0 Å². The largest absolute Gasteiger partial charge is 0.365 e. The topological polar surface area (TPSA) is 79.3 Å². The van der Waals surface area contributed by atoms with Gasteiger partial charge in [-0.25, -0.2) is 0 Å². The molecule has 4 saturated heterocycles. The Kier molecular flexibility index (Phi) is 12.8. The van der Waals surface area contributed by atoms with E-state index in [1.165, 1.54) is 73.6 Å². The third-order valence-electron chi connectivity index (χ3n) is 11.2. The number of hydrogen-bond donors (Lipinski definition) is 1. The van der Waals surface area contributed by atoms with Crippen LogP contribution >= 0.6 is 0 Å². The molecule has 4 fully saturated rings. The van der Waals surface area contributed by atoms with Gasteiger partial charge >= 0.3 is 0 Å². The van der Waals surface area contributed by atoms with Gasteiger partial charge in [0.25, 0.3) is 10.1 Å². The van der Waals surface area contributed by atoms with Crippen LogP contribution in [0.4, 0.5) is 0 Å². The van der Waals surface area contributed by atoms with Gasteiger partial charge in [-0.15, -0.1) is 0 Å². The number of nitrogens with zero attached hydrogens (tertiary/aromatic N) is 2. The monoisotopic (exact) mass is 710 g/mol. The van der Waals surface area contributed by atoms with Crippen LogP contribution in [0.25, 0.3) is 0 Å². The van der Waals surface area contributed by atoms with E-state index in [9.17, 15) is 8.42 Å². The molecule has 272 valence electrons. The van der Waals surface area contributed by atoms with E-state index in [2.05, 4.69) is 145 Å². The summed E-state index contributed by atoms with van der Waals surface area (Å²) in [7, 11) is 0.898. The van der Waals surface area contributed by atoms with Crippen molar-refractivity contribution in [1.29, 1.82) is 0 Å². The van der Waals surface area contributed by atoms with Gasteiger partial charge in [-0.2, -0.15) is 8.42 Å². The second-order valence-electron chi connectivity index (χ2n) is 14.7. The summed E-state index contributed by atoms with van der Waals surface area (Å²) in [5.41, 5.74) is 5.02. The highest BCUT2D eigenvalue weighted by Crippen LogP contribution is 2.40. The van der Waals surface area contributed by atoms with Crippen LogP contribution in [0.2, 0.25) is 0 Å². The fourth-order valence-corrected chi connectivity index (χ4v) is 8.54. The van der Waals surface area contributed by atoms with Crippen LogP contribution < -0.4 is 0 Å². The molecule has 51 heavy (non-hydrogen) atoms. The fourth-order valence-electron chi connectivity index (χ4n) is 8.54. The molecule has 4 aromatic rings. The molecule has 8 rings (SSSR count). The van der Waals surface area contributed by atoms with Gasteiger partial charge in [0.15, 0.2) is 0 Å². The van der Waals surface area contributed by atoms with E-state index in [-0.39, 0.29) is 12.2 Å². The molecule has 7 nitrogen and oxygen atoms in total. The summed E-state index contributed by atoms with van der Waals surface area (Å²) in [5.74, 6) is 0. The molecule has 8 heteroatoms. The quantitative estimate of drug-likeness (QED) is 0.184. The Labute approximate surface area is 305 Å². The predicted octanol–water partition coefficient (Wildman–Crippen LogP) is 8.34. The first-order valence-electron chi connectivity index (χ1n) is 18.5.